The van der Waals surface area contributed by atoms with Crippen molar-refractivity contribution < 1.29 is 4.74 Å². The van der Waals surface area contributed by atoms with Crippen molar-refractivity contribution >= 4 is 11.8 Å². The first kappa shape index (κ1) is 16.9. The van der Waals surface area contributed by atoms with Gasteiger partial charge in [0.25, 0.3) is 5.70 Å². The summed E-state index contributed by atoms with van der Waals surface area (Å²) in [5.41, 5.74) is 3.27. The molecule has 0 spiro atoms. The van der Waals surface area contributed by atoms with Gasteiger partial charge in [-0.15, -0.1) is 0 Å². The quantitative estimate of drug-likeness (QED) is 0.596. The van der Waals surface area contributed by atoms with Crippen LogP contribution >= 0.6 is 0 Å². The predicted octanol–water partition coefficient (Wildman–Crippen LogP) is 4.69. The molecule has 2 heterocycles. The fourth-order valence-electron chi connectivity index (χ4n) is 3.22. The van der Waals surface area contributed by atoms with E-state index in [0.29, 0.717) is 12.2 Å². The maximum absolute atomic E-state index is 9.06. The topological polar surface area (TPSA) is 40.6 Å². The summed E-state index contributed by atoms with van der Waals surface area (Å²) in [6.07, 6.45) is 8.80. The first-order valence-corrected chi connectivity index (χ1v) is 8.62. The van der Waals surface area contributed by atoms with Gasteiger partial charge in [-0.2, -0.15) is 0 Å². The predicted molar refractivity (Wildman–Crippen MR) is 99.4 cm³/mol. The van der Waals surface area contributed by atoms with Crippen LogP contribution in [-0.2, 0) is 4.74 Å². The first-order valence-electron chi connectivity index (χ1n) is 8.62. The third-order valence-corrected chi connectivity index (χ3v) is 4.49. The normalized spacial score (nSPS) is 22.1. The molecule has 126 valence electrons. The highest BCUT2D eigenvalue weighted by atomic mass is 16.5. The average Bonchev–Trinajstić information content (AvgIpc) is 3.16. The van der Waals surface area contributed by atoms with Crippen LogP contribution in [0, 0.1) is 17.9 Å². The number of hydrogen-bond acceptors (Lipinski definition) is 3. The van der Waals surface area contributed by atoms with Crippen molar-refractivity contribution in [3.8, 4) is 6.07 Å². The molecule has 1 saturated heterocycles. The Bertz CT molecular complexity index is 781. The van der Waals surface area contributed by atoms with E-state index in [4.69, 9.17) is 16.6 Å². The fraction of sp³-hybridized carbons (Fsp3) is 0.333. The number of ether oxygens (including phenoxy) is 1. The van der Waals surface area contributed by atoms with Crippen molar-refractivity contribution in [2.45, 2.75) is 32.3 Å². The number of nitriles is 1. The number of rotatable bonds is 3. The molecule has 0 aromatic heterocycles. The highest BCUT2D eigenvalue weighted by Crippen LogP contribution is 2.26. The number of nitrogens with zero attached hydrogens (tertiary/aromatic N) is 3. The van der Waals surface area contributed by atoms with E-state index in [0.717, 1.165) is 24.2 Å². The maximum atomic E-state index is 9.06. The molecule has 4 nitrogen and oxygen atoms in total. The Morgan fingerprint density at radius 2 is 2.00 bits per heavy atom. The van der Waals surface area contributed by atoms with E-state index in [2.05, 4.69) is 34.0 Å². The van der Waals surface area contributed by atoms with Crippen LogP contribution in [0.5, 0.6) is 0 Å². The first-order chi connectivity index (χ1) is 12.2. The molecule has 2 aliphatic rings. The summed E-state index contributed by atoms with van der Waals surface area (Å²) in [7, 11) is 0. The van der Waals surface area contributed by atoms with E-state index in [1.54, 1.807) is 6.08 Å². The van der Waals surface area contributed by atoms with Crippen molar-refractivity contribution in [2.24, 2.45) is 0 Å². The minimum atomic E-state index is -0.0395. The molecule has 0 saturated carbocycles. The summed E-state index contributed by atoms with van der Waals surface area (Å²) in [6, 6.07) is 10.5. The summed E-state index contributed by atoms with van der Waals surface area (Å²) in [5, 5.41) is 9.06. The summed E-state index contributed by atoms with van der Waals surface area (Å²) in [5.74, 6) is 0.689. The lowest BCUT2D eigenvalue weighted by molar-refractivity contribution is 0.133. The number of hydrogen-bond donors (Lipinski definition) is 0. The zero-order valence-electron chi connectivity index (χ0n) is 14.4. The summed E-state index contributed by atoms with van der Waals surface area (Å²) >= 11 is 0. The van der Waals surface area contributed by atoms with Gasteiger partial charge in [-0.25, -0.2) is 10.1 Å². The van der Waals surface area contributed by atoms with E-state index in [1.165, 1.54) is 18.5 Å². The molecule has 2 aliphatic heterocycles. The summed E-state index contributed by atoms with van der Waals surface area (Å²) in [6.45, 7) is 11.3. The monoisotopic (exact) mass is 331 g/mol. The second-order valence-corrected chi connectivity index (χ2v) is 6.40. The molecule has 0 radical (unpaired) electrons. The van der Waals surface area contributed by atoms with Crippen molar-refractivity contribution in [1.82, 2.24) is 0 Å². The largest absolute Gasteiger partial charge is 0.490 e. The lowest BCUT2D eigenvalue weighted by Crippen LogP contribution is -2.17. The second-order valence-electron chi connectivity index (χ2n) is 6.40. The molecule has 1 aromatic rings. The Labute approximate surface area is 149 Å². The van der Waals surface area contributed by atoms with Crippen LogP contribution in [0.25, 0.3) is 10.9 Å². The molecule has 0 aliphatic carbocycles. The minimum Gasteiger partial charge on any atom is -0.490 e. The average molecular weight is 331 g/mol. The van der Waals surface area contributed by atoms with E-state index in [-0.39, 0.29) is 11.8 Å². The molecule has 4 heteroatoms. The molecule has 3 rings (SSSR count). The van der Waals surface area contributed by atoms with Crippen molar-refractivity contribution in [3.63, 3.8) is 0 Å². The van der Waals surface area contributed by atoms with Crippen LogP contribution in [0.4, 0.5) is 5.69 Å². The highest BCUT2D eigenvalue weighted by molar-refractivity contribution is 5.58. The van der Waals surface area contributed by atoms with Gasteiger partial charge < -0.3 is 9.64 Å². The molecule has 0 amide bonds. The molecule has 1 fully saturated rings. The van der Waals surface area contributed by atoms with Gasteiger partial charge in [-0.3, -0.25) is 0 Å². The standard InChI is InChI=1S/C21H21N3O/c1-16-13-18(21(15-22)23-2)14-20(25-16)10-7-17-5-8-19(9-6-17)24-11-3-4-12-24/h5-10,14,16H,3-4,11-13H2,1H3/b10-7+,21-18-. The van der Waals surface area contributed by atoms with Crippen molar-refractivity contribution in [2.75, 3.05) is 18.0 Å². The Hall–Kier alpha value is -2.98. The van der Waals surface area contributed by atoms with Crippen LogP contribution in [0.2, 0.25) is 0 Å². The van der Waals surface area contributed by atoms with Gasteiger partial charge >= 0.3 is 0 Å². The van der Waals surface area contributed by atoms with Crippen LogP contribution < -0.4 is 4.90 Å². The van der Waals surface area contributed by atoms with Gasteiger partial charge in [-0.1, -0.05) is 18.2 Å². The van der Waals surface area contributed by atoms with Gasteiger partial charge in [-0.05, 0) is 55.2 Å². The van der Waals surface area contributed by atoms with E-state index in [9.17, 15) is 0 Å². The van der Waals surface area contributed by atoms with Gasteiger partial charge in [0.05, 0.1) is 18.7 Å². The van der Waals surface area contributed by atoms with Crippen molar-refractivity contribution in [1.29, 1.82) is 5.26 Å². The third kappa shape index (κ3) is 4.11. The number of benzene rings is 1. The van der Waals surface area contributed by atoms with Crippen LogP contribution in [0.3, 0.4) is 0 Å². The van der Waals surface area contributed by atoms with E-state index >= 15 is 0 Å². The number of allylic oxidation sites excluding steroid dienone is 3. The molecule has 0 N–H and O–H groups in total. The van der Waals surface area contributed by atoms with Gasteiger partial charge in [0, 0.05) is 25.2 Å². The third-order valence-electron chi connectivity index (χ3n) is 4.49. The van der Waals surface area contributed by atoms with Crippen LogP contribution in [0.15, 0.2) is 53.4 Å². The highest BCUT2D eigenvalue weighted by Gasteiger charge is 2.17. The molecule has 1 atom stereocenters. The Morgan fingerprint density at radius 1 is 1.28 bits per heavy atom. The minimum absolute atomic E-state index is 0.0395. The van der Waals surface area contributed by atoms with Crippen LogP contribution in [-0.4, -0.2) is 19.2 Å². The lowest BCUT2D eigenvalue weighted by atomic mass is 10.0. The van der Waals surface area contributed by atoms with Gasteiger partial charge in [0.1, 0.15) is 5.76 Å². The Balaban J connectivity index is 1.75. The maximum Gasteiger partial charge on any atom is 0.265 e. The fourth-order valence-corrected chi connectivity index (χ4v) is 3.22. The lowest BCUT2D eigenvalue weighted by Gasteiger charge is -2.22. The summed E-state index contributed by atoms with van der Waals surface area (Å²) < 4.78 is 5.80. The van der Waals surface area contributed by atoms with Crippen molar-refractivity contribution in [3.05, 3.63) is 70.4 Å². The smallest absolute Gasteiger partial charge is 0.265 e. The molecule has 1 aromatic carbocycles. The van der Waals surface area contributed by atoms with E-state index in [1.807, 2.05) is 25.1 Å². The summed E-state index contributed by atoms with van der Waals surface area (Å²) in [4.78, 5) is 5.71. The zero-order valence-corrected chi connectivity index (χ0v) is 14.4. The Morgan fingerprint density at radius 3 is 2.64 bits per heavy atom. The van der Waals surface area contributed by atoms with Gasteiger partial charge in [0.2, 0.25) is 0 Å². The zero-order chi connectivity index (χ0) is 17.6. The van der Waals surface area contributed by atoms with Crippen LogP contribution in [0.1, 0.15) is 31.7 Å². The molecule has 1 unspecified atom stereocenters. The Kier molecular flexibility index (Phi) is 5.21. The molecular formula is C21H21N3O. The molecule has 25 heavy (non-hydrogen) atoms. The number of anilines is 1. The van der Waals surface area contributed by atoms with E-state index < -0.39 is 0 Å². The van der Waals surface area contributed by atoms with Gasteiger partial charge in [0.15, 0.2) is 0 Å². The molecule has 0 bridgehead atoms. The SMILES string of the molecule is [C-]#[N+]/C(C#N)=C1C=C(/C=C/c2ccc(N3CCCC3)cc2)OC(C)C\1. The second kappa shape index (κ2) is 7.73. The molecular weight excluding hydrogens is 310 g/mol.